The van der Waals surface area contributed by atoms with Crippen LogP contribution >= 0.6 is 34.9 Å². The van der Waals surface area contributed by atoms with Gasteiger partial charge in [0.05, 0.1) is 12.0 Å². The summed E-state index contributed by atoms with van der Waals surface area (Å²) in [7, 11) is 0. The Labute approximate surface area is 174 Å². The highest BCUT2D eigenvalue weighted by Gasteiger charge is 2.20. The number of carbonyl (C=O) groups is 2. The lowest BCUT2D eigenvalue weighted by atomic mass is 10.2. The molecule has 0 radical (unpaired) electrons. The van der Waals surface area contributed by atoms with E-state index in [0.717, 1.165) is 22.8 Å². The van der Waals surface area contributed by atoms with Gasteiger partial charge in [-0.15, -0.1) is 0 Å². The second-order valence-corrected chi connectivity index (χ2v) is 7.84. The van der Waals surface area contributed by atoms with E-state index in [-0.39, 0.29) is 5.56 Å². The molecule has 5 N–H and O–H groups in total. The Bertz CT molecular complexity index is 943. The number of nitrogens with zero attached hydrogens (tertiary/aromatic N) is 2. The SMILES string of the molecule is NC(=O)c1c(SCc2ccc(Cl)cc2)nsc1NC(=O)NCCc1c[nH]cn1. The van der Waals surface area contributed by atoms with Gasteiger partial charge in [0, 0.05) is 29.9 Å². The maximum atomic E-state index is 12.1. The van der Waals surface area contributed by atoms with Crippen molar-refractivity contribution in [2.75, 3.05) is 11.9 Å². The van der Waals surface area contributed by atoms with E-state index in [2.05, 4.69) is 25.0 Å². The summed E-state index contributed by atoms with van der Waals surface area (Å²) >= 11 is 8.27. The van der Waals surface area contributed by atoms with E-state index in [9.17, 15) is 9.59 Å². The molecule has 28 heavy (non-hydrogen) atoms. The molecule has 3 rings (SSSR count). The molecule has 0 saturated heterocycles. The molecular weight excluding hydrogens is 420 g/mol. The van der Waals surface area contributed by atoms with Crippen molar-refractivity contribution in [2.45, 2.75) is 17.2 Å². The predicted octanol–water partition coefficient (Wildman–Crippen LogP) is 3.28. The van der Waals surface area contributed by atoms with E-state index in [1.807, 2.05) is 12.1 Å². The number of halogens is 1. The van der Waals surface area contributed by atoms with Crippen LogP contribution in [0.15, 0.2) is 41.8 Å². The van der Waals surface area contributed by atoms with Gasteiger partial charge in [-0.25, -0.2) is 9.78 Å². The number of hydrogen-bond acceptors (Lipinski definition) is 6. The minimum Gasteiger partial charge on any atom is -0.365 e. The molecule has 0 spiro atoms. The zero-order chi connectivity index (χ0) is 19.9. The zero-order valence-corrected chi connectivity index (χ0v) is 17.0. The molecule has 0 aliphatic rings. The van der Waals surface area contributed by atoms with Gasteiger partial charge >= 0.3 is 6.03 Å². The number of carbonyl (C=O) groups excluding carboxylic acids is 2. The molecule has 11 heteroatoms. The van der Waals surface area contributed by atoms with E-state index in [1.165, 1.54) is 11.8 Å². The van der Waals surface area contributed by atoms with Crippen LogP contribution in [-0.4, -0.2) is 32.8 Å². The molecule has 3 aromatic rings. The highest BCUT2D eigenvalue weighted by molar-refractivity contribution is 7.98. The Morgan fingerprint density at radius 2 is 2.07 bits per heavy atom. The van der Waals surface area contributed by atoms with Gasteiger partial charge in [-0.2, -0.15) is 4.37 Å². The fourth-order valence-corrected chi connectivity index (χ4v) is 4.34. The van der Waals surface area contributed by atoms with Gasteiger partial charge < -0.3 is 16.0 Å². The minimum atomic E-state index is -0.640. The average Bonchev–Trinajstić information content (AvgIpc) is 3.31. The summed E-state index contributed by atoms with van der Waals surface area (Å²) in [6, 6.07) is 6.97. The number of aromatic amines is 1. The summed E-state index contributed by atoms with van der Waals surface area (Å²) in [6.07, 6.45) is 3.93. The number of aromatic nitrogens is 3. The number of urea groups is 1. The second kappa shape index (κ2) is 9.58. The first-order chi connectivity index (χ1) is 13.5. The highest BCUT2D eigenvalue weighted by atomic mass is 35.5. The van der Waals surface area contributed by atoms with Gasteiger partial charge in [-0.3, -0.25) is 10.1 Å². The number of H-pyrrole nitrogens is 1. The molecule has 0 aliphatic heterocycles. The number of amides is 3. The van der Waals surface area contributed by atoms with E-state index in [1.54, 1.807) is 24.7 Å². The van der Waals surface area contributed by atoms with Crippen LogP contribution in [0.3, 0.4) is 0 Å². The number of hydrogen-bond donors (Lipinski definition) is 4. The molecule has 3 amide bonds. The van der Waals surface area contributed by atoms with Crippen molar-refractivity contribution < 1.29 is 9.59 Å². The van der Waals surface area contributed by atoms with Crippen molar-refractivity contribution in [1.82, 2.24) is 19.7 Å². The van der Waals surface area contributed by atoms with Crippen LogP contribution in [0.2, 0.25) is 5.02 Å². The molecule has 0 atom stereocenters. The largest absolute Gasteiger partial charge is 0.365 e. The van der Waals surface area contributed by atoms with Crippen LogP contribution in [0, 0.1) is 0 Å². The number of thioether (sulfide) groups is 1. The monoisotopic (exact) mass is 436 g/mol. The van der Waals surface area contributed by atoms with Crippen LogP contribution in [0.1, 0.15) is 21.6 Å². The Morgan fingerprint density at radius 1 is 1.29 bits per heavy atom. The third kappa shape index (κ3) is 5.47. The summed E-state index contributed by atoms with van der Waals surface area (Å²) in [5.74, 6) is -0.0459. The lowest BCUT2D eigenvalue weighted by Gasteiger charge is -2.06. The lowest BCUT2D eigenvalue weighted by molar-refractivity contribution is 0.0998. The molecule has 0 unspecified atom stereocenters. The number of benzene rings is 1. The van der Waals surface area contributed by atoms with Crippen molar-refractivity contribution in [3.63, 3.8) is 0 Å². The minimum absolute atomic E-state index is 0.214. The van der Waals surface area contributed by atoms with Crippen molar-refractivity contribution in [3.8, 4) is 0 Å². The van der Waals surface area contributed by atoms with Crippen molar-refractivity contribution in [3.05, 3.63) is 58.6 Å². The molecular formula is C17H17ClN6O2S2. The fraction of sp³-hybridized carbons (Fsp3) is 0.176. The number of anilines is 1. The third-order valence-electron chi connectivity index (χ3n) is 3.64. The third-order valence-corrected chi connectivity index (χ3v) is 5.82. The van der Waals surface area contributed by atoms with Crippen molar-refractivity contribution >= 4 is 51.8 Å². The molecule has 0 bridgehead atoms. The van der Waals surface area contributed by atoms with Crippen LogP contribution in [0.4, 0.5) is 9.80 Å². The number of nitrogens with one attached hydrogen (secondary N) is 3. The number of rotatable bonds is 8. The van der Waals surface area contributed by atoms with Crippen molar-refractivity contribution in [2.24, 2.45) is 5.73 Å². The average molecular weight is 437 g/mol. The van der Waals surface area contributed by atoms with Gasteiger partial charge in [0.15, 0.2) is 0 Å². The summed E-state index contributed by atoms with van der Waals surface area (Å²) in [5, 5.41) is 6.82. The van der Waals surface area contributed by atoms with Gasteiger partial charge in [-0.05, 0) is 29.2 Å². The maximum absolute atomic E-state index is 12.1. The molecule has 0 fully saturated rings. The molecule has 146 valence electrons. The van der Waals surface area contributed by atoms with Gasteiger partial charge in [-0.1, -0.05) is 35.5 Å². The smallest absolute Gasteiger partial charge is 0.319 e. The lowest BCUT2D eigenvalue weighted by Crippen LogP contribution is -2.31. The number of imidazole rings is 1. The summed E-state index contributed by atoms with van der Waals surface area (Å²) in [4.78, 5) is 30.9. The van der Waals surface area contributed by atoms with Crippen LogP contribution in [-0.2, 0) is 12.2 Å². The zero-order valence-electron chi connectivity index (χ0n) is 14.6. The molecule has 2 heterocycles. The second-order valence-electron chi connectivity index (χ2n) is 5.66. The highest BCUT2D eigenvalue weighted by Crippen LogP contribution is 2.33. The topological polar surface area (TPSA) is 126 Å². The van der Waals surface area contributed by atoms with Gasteiger partial charge in [0.25, 0.3) is 5.91 Å². The first-order valence-corrected chi connectivity index (χ1v) is 10.4. The Hall–Kier alpha value is -2.56. The van der Waals surface area contributed by atoms with E-state index < -0.39 is 11.9 Å². The van der Waals surface area contributed by atoms with Gasteiger partial charge in [0.1, 0.15) is 15.6 Å². The molecule has 8 nitrogen and oxygen atoms in total. The first-order valence-electron chi connectivity index (χ1n) is 8.22. The van der Waals surface area contributed by atoms with E-state index in [4.69, 9.17) is 17.3 Å². The summed E-state index contributed by atoms with van der Waals surface area (Å²) in [5.41, 5.74) is 7.59. The van der Waals surface area contributed by atoms with Crippen molar-refractivity contribution in [1.29, 1.82) is 0 Å². The first kappa shape index (κ1) is 20.2. The maximum Gasteiger partial charge on any atom is 0.319 e. The Kier molecular flexibility index (Phi) is 6.90. The van der Waals surface area contributed by atoms with E-state index in [0.29, 0.717) is 33.8 Å². The standard InChI is InChI=1S/C17H17ClN6O2S2/c18-11-3-1-10(2-4-11)8-27-16-13(14(19)25)15(28-24-16)23-17(26)21-6-5-12-7-20-9-22-12/h1-4,7,9H,5-6,8H2,(H2,19,25)(H,20,22)(H2,21,23,26). The van der Waals surface area contributed by atoms with Crippen LogP contribution in [0.25, 0.3) is 0 Å². The Morgan fingerprint density at radius 3 is 2.75 bits per heavy atom. The molecule has 2 aromatic heterocycles. The molecule has 0 aliphatic carbocycles. The van der Waals surface area contributed by atoms with Gasteiger partial charge in [0.2, 0.25) is 0 Å². The fourth-order valence-electron chi connectivity index (χ4n) is 2.29. The quantitative estimate of drug-likeness (QED) is 0.403. The van der Waals surface area contributed by atoms with Crippen LogP contribution in [0.5, 0.6) is 0 Å². The molecule has 1 aromatic carbocycles. The van der Waals surface area contributed by atoms with Crippen LogP contribution < -0.4 is 16.4 Å². The number of primary amides is 1. The summed E-state index contributed by atoms with van der Waals surface area (Å²) in [6.45, 7) is 0.402. The normalized spacial score (nSPS) is 10.6. The van der Waals surface area contributed by atoms with E-state index >= 15 is 0 Å². The predicted molar refractivity (Wildman–Crippen MR) is 111 cm³/mol. The molecule has 0 saturated carbocycles. The number of nitrogens with two attached hydrogens (primary N) is 1. The summed E-state index contributed by atoms with van der Waals surface area (Å²) < 4.78 is 4.27. The Balaban J connectivity index is 1.59.